The lowest BCUT2D eigenvalue weighted by atomic mass is 10.1. The van der Waals surface area contributed by atoms with Crippen LogP contribution in [0.5, 0.6) is 0 Å². The predicted octanol–water partition coefficient (Wildman–Crippen LogP) is 1.23. The first-order valence-electron chi connectivity index (χ1n) is 6.88. The van der Waals surface area contributed by atoms with Gasteiger partial charge in [0.1, 0.15) is 0 Å². The normalized spacial score (nSPS) is 21.2. The van der Waals surface area contributed by atoms with Gasteiger partial charge in [-0.05, 0) is 32.1 Å². The van der Waals surface area contributed by atoms with E-state index in [9.17, 15) is 10.1 Å². The van der Waals surface area contributed by atoms with Gasteiger partial charge in [-0.2, -0.15) is 0 Å². The molecule has 8 heteroatoms. The second kappa shape index (κ2) is 9.15. The van der Waals surface area contributed by atoms with Crippen LogP contribution in [0.25, 0.3) is 0 Å². The average Bonchev–Trinajstić information content (AvgIpc) is 2.89. The van der Waals surface area contributed by atoms with Gasteiger partial charge in [-0.3, -0.25) is 0 Å². The zero-order valence-electron chi connectivity index (χ0n) is 12.4. The van der Waals surface area contributed by atoms with Crippen molar-refractivity contribution in [1.29, 1.82) is 0 Å². The summed E-state index contributed by atoms with van der Waals surface area (Å²) in [5, 5.41) is 16.5. The smallest absolute Gasteiger partial charge is 0.235 e. The van der Waals surface area contributed by atoms with Gasteiger partial charge >= 0.3 is 0 Å². The number of nitrogens with zero attached hydrogens (tertiary/aromatic N) is 3. The first kappa shape index (κ1) is 17.2. The number of thioether (sulfide) groups is 1. The van der Waals surface area contributed by atoms with E-state index in [2.05, 4.69) is 22.2 Å². The average molecular weight is 304 g/mol. The summed E-state index contributed by atoms with van der Waals surface area (Å²) in [4.78, 5) is 12.7. The highest BCUT2D eigenvalue weighted by atomic mass is 32.2. The van der Waals surface area contributed by atoms with Crippen molar-refractivity contribution in [2.75, 3.05) is 39.1 Å². The lowest BCUT2D eigenvalue weighted by Gasteiger charge is -2.27. The van der Waals surface area contributed by atoms with Crippen molar-refractivity contribution in [2.45, 2.75) is 26.3 Å². The molecule has 1 fully saturated rings. The number of hydrogen-bond acceptors (Lipinski definition) is 5. The highest BCUT2D eigenvalue weighted by Gasteiger charge is 2.20. The number of nitrogens with one attached hydrogen (secondary N) is 1. The summed E-state index contributed by atoms with van der Waals surface area (Å²) in [5.41, 5.74) is 0. The van der Waals surface area contributed by atoms with Crippen molar-refractivity contribution in [3.8, 4) is 0 Å². The molecule has 1 heterocycles. The van der Waals surface area contributed by atoms with Gasteiger partial charge in [0.25, 0.3) is 0 Å². The third-order valence-corrected chi connectivity index (χ3v) is 3.84. The third-order valence-electron chi connectivity index (χ3n) is 3.26. The summed E-state index contributed by atoms with van der Waals surface area (Å²) in [6.45, 7) is 8.67. The Morgan fingerprint density at radius 1 is 1.70 bits per heavy atom. The fourth-order valence-corrected chi connectivity index (χ4v) is 2.74. The van der Waals surface area contributed by atoms with E-state index in [-0.39, 0.29) is 6.04 Å². The molecule has 1 N–H and O–H groups in total. The minimum atomic E-state index is -0.668. The van der Waals surface area contributed by atoms with Crippen molar-refractivity contribution in [1.82, 2.24) is 10.2 Å². The maximum absolute atomic E-state index is 10.4. The molecule has 116 valence electrons. The molecule has 0 aromatic heterocycles. The number of ether oxygens (including phenoxy) is 1. The van der Waals surface area contributed by atoms with Crippen LogP contribution in [0.2, 0.25) is 0 Å². The summed E-state index contributed by atoms with van der Waals surface area (Å²) >= 11 is 1.25. The molecule has 0 aromatic rings. The number of nitro groups is 1. The van der Waals surface area contributed by atoms with Crippen molar-refractivity contribution in [3.63, 3.8) is 0 Å². The van der Waals surface area contributed by atoms with E-state index in [1.807, 2.05) is 6.92 Å². The van der Waals surface area contributed by atoms with Crippen LogP contribution in [0.15, 0.2) is 5.10 Å². The first-order chi connectivity index (χ1) is 9.55. The van der Waals surface area contributed by atoms with Crippen LogP contribution in [0.3, 0.4) is 0 Å². The Labute approximate surface area is 124 Å². The molecule has 1 rings (SSSR count). The quantitative estimate of drug-likeness (QED) is 0.330. The maximum atomic E-state index is 10.4. The second-order valence-electron chi connectivity index (χ2n) is 4.97. The van der Waals surface area contributed by atoms with E-state index in [0.29, 0.717) is 11.1 Å². The van der Waals surface area contributed by atoms with E-state index < -0.39 is 5.03 Å². The van der Waals surface area contributed by atoms with Gasteiger partial charge in [-0.25, -0.2) is 10.1 Å². The molecule has 20 heavy (non-hydrogen) atoms. The Bertz CT molecular complexity index is 335. The van der Waals surface area contributed by atoms with Crippen molar-refractivity contribution in [2.24, 2.45) is 11.0 Å². The monoisotopic (exact) mass is 304 g/mol. The zero-order valence-corrected chi connectivity index (χ0v) is 13.2. The van der Waals surface area contributed by atoms with E-state index in [1.54, 1.807) is 6.26 Å². The second-order valence-corrected chi connectivity index (χ2v) is 5.77. The van der Waals surface area contributed by atoms with Crippen molar-refractivity contribution < 1.29 is 9.77 Å². The van der Waals surface area contributed by atoms with Crippen LogP contribution in [0.1, 0.15) is 20.3 Å². The Hall–Kier alpha value is -0.860. The van der Waals surface area contributed by atoms with Crippen LogP contribution < -0.4 is 5.32 Å². The van der Waals surface area contributed by atoms with Gasteiger partial charge in [-0.15, -0.1) is 0 Å². The Morgan fingerprint density at radius 2 is 2.45 bits per heavy atom. The standard InChI is InChI=1S/C12H24N4O3S/c1-4-15(8-11-5-6-19-9-11)7-10(2)13-12(20-3)14-16(17)18/h10-11H,4-9H2,1-3H3,(H,13,14). The van der Waals surface area contributed by atoms with Gasteiger partial charge in [0.05, 0.1) is 11.7 Å². The van der Waals surface area contributed by atoms with Gasteiger partial charge in [0.15, 0.2) is 5.03 Å². The molecule has 7 nitrogen and oxygen atoms in total. The maximum Gasteiger partial charge on any atom is 0.235 e. The van der Waals surface area contributed by atoms with Crippen molar-refractivity contribution >= 4 is 16.9 Å². The molecule has 0 aromatic carbocycles. The molecule has 0 spiro atoms. The summed E-state index contributed by atoms with van der Waals surface area (Å²) in [5.74, 6) is 0.606. The minimum Gasteiger partial charge on any atom is -0.381 e. The highest BCUT2D eigenvalue weighted by Crippen LogP contribution is 2.14. The van der Waals surface area contributed by atoms with Crippen LogP contribution in [-0.2, 0) is 4.74 Å². The zero-order chi connectivity index (χ0) is 15.0. The molecule has 2 atom stereocenters. The minimum absolute atomic E-state index is 0.114. The Balaban J connectivity index is 2.41. The molecule has 0 amide bonds. The fourth-order valence-electron chi connectivity index (χ4n) is 2.27. The molecule has 1 aliphatic rings. The molecule has 1 aliphatic heterocycles. The molecular formula is C12H24N4O3S. The van der Waals surface area contributed by atoms with E-state index in [1.165, 1.54) is 11.8 Å². The number of rotatable bonds is 7. The van der Waals surface area contributed by atoms with Gasteiger partial charge in [0, 0.05) is 25.7 Å². The Morgan fingerprint density at radius 3 is 2.95 bits per heavy atom. The lowest BCUT2D eigenvalue weighted by molar-refractivity contribution is -0.484. The molecular weight excluding hydrogens is 280 g/mol. The van der Waals surface area contributed by atoms with Crippen LogP contribution in [0.4, 0.5) is 0 Å². The number of likely N-dealkylation sites (N-methyl/N-ethyl adjacent to an activating group) is 1. The largest absolute Gasteiger partial charge is 0.381 e. The molecule has 0 saturated carbocycles. The highest BCUT2D eigenvalue weighted by molar-refractivity contribution is 8.13. The Kier molecular flexibility index (Phi) is 7.86. The summed E-state index contributed by atoms with van der Waals surface area (Å²) < 4.78 is 5.39. The fraction of sp³-hybridized carbons (Fsp3) is 0.917. The van der Waals surface area contributed by atoms with E-state index in [0.717, 1.165) is 39.3 Å². The summed E-state index contributed by atoms with van der Waals surface area (Å²) in [6.07, 6.45) is 2.90. The molecule has 0 bridgehead atoms. The molecule has 0 aliphatic carbocycles. The third kappa shape index (κ3) is 6.53. The predicted molar refractivity (Wildman–Crippen MR) is 81.6 cm³/mol. The summed E-state index contributed by atoms with van der Waals surface area (Å²) in [7, 11) is 0. The lowest BCUT2D eigenvalue weighted by Crippen LogP contribution is -2.43. The van der Waals surface area contributed by atoms with Crippen molar-refractivity contribution in [3.05, 3.63) is 10.1 Å². The molecule has 0 radical (unpaired) electrons. The van der Waals surface area contributed by atoms with Gasteiger partial charge in [0.2, 0.25) is 5.17 Å². The first-order valence-corrected chi connectivity index (χ1v) is 8.11. The SMILES string of the molecule is CCN(CC1CCOC1)CC(C)NC(=N[N+](=O)[O-])SC. The topological polar surface area (TPSA) is 80.0 Å². The number of amidine groups is 1. The summed E-state index contributed by atoms with van der Waals surface area (Å²) in [6, 6.07) is 0.114. The number of hydrazone groups is 1. The number of hydrogen-bond donors (Lipinski definition) is 1. The van der Waals surface area contributed by atoms with Gasteiger partial charge < -0.3 is 15.0 Å². The van der Waals surface area contributed by atoms with E-state index in [4.69, 9.17) is 4.74 Å². The van der Waals surface area contributed by atoms with Crippen LogP contribution >= 0.6 is 11.8 Å². The van der Waals surface area contributed by atoms with Gasteiger partial charge in [-0.1, -0.05) is 18.7 Å². The van der Waals surface area contributed by atoms with Crippen LogP contribution in [-0.4, -0.2) is 60.2 Å². The van der Waals surface area contributed by atoms with Crippen LogP contribution in [0, 0.1) is 16.0 Å². The van der Waals surface area contributed by atoms with E-state index >= 15 is 0 Å². The molecule has 1 saturated heterocycles. The molecule has 2 unspecified atom stereocenters.